The van der Waals surface area contributed by atoms with E-state index in [1.807, 2.05) is 26.8 Å². The Labute approximate surface area is 87.3 Å². The van der Waals surface area contributed by atoms with Gasteiger partial charge >= 0.3 is 5.97 Å². The van der Waals surface area contributed by atoms with E-state index in [2.05, 4.69) is 13.8 Å². The molecule has 0 rings (SSSR count). The molecule has 0 aromatic heterocycles. The van der Waals surface area contributed by atoms with Crippen molar-refractivity contribution in [3.63, 3.8) is 0 Å². The zero-order valence-electron chi connectivity index (χ0n) is 10.2. The number of esters is 1. The van der Waals surface area contributed by atoms with E-state index in [-0.39, 0.29) is 5.97 Å². The molecule has 0 saturated carbocycles. The van der Waals surface area contributed by atoms with Gasteiger partial charge in [-0.1, -0.05) is 19.9 Å². The van der Waals surface area contributed by atoms with Crippen LogP contribution < -0.4 is 0 Å². The van der Waals surface area contributed by atoms with Crippen LogP contribution in [0.5, 0.6) is 0 Å². The highest BCUT2D eigenvalue weighted by Crippen LogP contribution is 2.12. The predicted octanol–water partition coefficient (Wildman–Crippen LogP) is 3.32. The smallest absolute Gasteiger partial charge is 0.333 e. The van der Waals surface area contributed by atoms with Crippen molar-refractivity contribution < 1.29 is 9.53 Å². The Morgan fingerprint density at radius 2 is 1.86 bits per heavy atom. The maximum atomic E-state index is 11.5. The molecule has 0 saturated heterocycles. The van der Waals surface area contributed by atoms with E-state index in [1.165, 1.54) is 0 Å². The molecule has 82 valence electrons. The van der Waals surface area contributed by atoms with Gasteiger partial charge in [0.2, 0.25) is 0 Å². The molecule has 14 heavy (non-hydrogen) atoms. The van der Waals surface area contributed by atoms with Crippen LogP contribution in [0.3, 0.4) is 0 Å². The van der Waals surface area contributed by atoms with Crippen molar-refractivity contribution in [3.05, 3.63) is 11.6 Å². The first-order valence-corrected chi connectivity index (χ1v) is 5.12. The molecule has 0 atom stereocenters. The highest BCUT2D eigenvalue weighted by atomic mass is 16.6. The second-order valence-electron chi connectivity index (χ2n) is 5.02. The number of hydrogen-bond acceptors (Lipinski definition) is 2. The molecular formula is C12H22O2. The molecule has 0 heterocycles. The van der Waals surface area contributed by atoms with Gasteiger partial charge in [0.05, 0.1) is 0 Å². The third kappa shape index (κ3) is 6.70. The molecule has 0 amide bonds. The minimum atomic E-state index is -0.399. The molecule has 0 aliphatic rings. The highest BCUT2D eigenvalue weighted by Gasteiger charge is 2.16. The monoisotopic (exact) mass is 198 g/mol. The summed E-state index contributed by atoms with van der Waals surface area (Å²) in [5.41, 5.74) is 0.304. The lowest BCUT2D eigenvalue weighted by Gasteiger charge is -2.19. The zero-order valence-corrected chi connectivity index (χ0v) is 10.2. The van der Waals surface area contributed by atoms with Crippen molar-refractivity contribution in [1.82, 2.24) is 0 Å². The van der Waals surface area contributed by atoms with Crippen LogP contribution in [0.2, 0.25) is 0 Å². The van der Waals surface area contributed by atoms with Crippen LogP contribution in [-0.2, 0) is 9.53 Å². The van der Waals surface area contributed by atoms with E-state index in [4.69, 9.17) is 4.74 Å². The van der Waals surface area contributed by atoms with E-state index < -0.39 is 5.60 Å². The molecule has 0 N–H and O–H groups in total. The van der Waals surface area contributed by atoms with Crippen LogP contribution >= 0.6 is 0 Å². The lowest BCUT2D eigenvalue weighted by Crippen LogP contribution is -2.24. The Bertz CT molecular complexity index is 219. The van der Waals surface area contributed by atoms with E-state index in [9.17, 15) is 4.79 Å². The average Bonchev–Trinajstić information content (AvgIpc) is 1.96. The summed E-state index contributed by atoms with van der Waals surface area (Å²) < 4.78 is 5.22. The van der Waals surface area contributed by atoms with E-state index in [1.54, 1.807) is 6.92 Å². The van der Waals surface area contributed by atoms with Crippen LogP contribution in [0.1, 0.15) is 48.0 Å². The second kappa shape index (κ2) is 5.18. The van der Waals surface area contributed by atoms with Gasteiger partial charge in [0.15, 0.2) is 0 Å². The van der Waals surface area contributed by atoms with E-state index in [0.29, 0.717) is 11.5 Å². The predicted molar refractivity (Wildman–Crippen MR) is 59.1 cm³/mol. The fraction of sp³-hybridized carbons (Fsp3) is 0.750. The number of carbonyl (C=O) groups excluding carboxylic acids is 1. The van der Waals surface area contributed by atoms with Gasteiger partial charge in [0.1, 0.15) is 5.60 Å². The standard InChI is InChI=1S/C12H22O2/c1-9(2)7-8-10(3)11(13)14-12(4,5)6/h8-9H,7H2,1-6H3. The molecule has 0 bridgehead atoms. The first kappa shape index (κ1) is 13.2. The van der Waals surface area contributed by atoms with Crippen molar-refractivity contribution in [1.29, 1.82) is 0 Å². The summed E-state index contributed by atoms with van der Waals surface area (Å²) in [7, 11) is 0. The number of ether oxygens (including phenoxy) is 1. The summed E-state index contributed by atoms with van der Waals surface area (Å²) in [6.07, 6.45) is 2.86. The van der Waals surface area contributed by atoms with Crippen LogP contribution in [0.25, 0.3) is 0 Å². The van der Waals surface area contributed by atoms with Gasteiger partial charge in [-0.3, -0.25) is 0 Å². The van der Waals surface area contributed by atoms with Gasteiger partial charge in [-0.25, -0.2) is 4.79 Å². The summed E-state index contributed by atoms with van der Waals surface area (Å²) in [6.45, 7) is 11.7. The normalized spacial score (nSPS) is 13.2. The Balaban J connectivity index is 4.19. The number of carbonyl (C=O) groups is 1. The van der Waals surface area contributed by atoms with Crippen LogP contribution in [0, 0.1) is 5.92 Å². The molecule has 2 heteroatoms. The quantitative estimate of drug-likeness (QED) is 0.513. The Hall–Kier alpha value is -0.790. The summed E-state index contributed by atoms with van der Waals surface area (Å²) in [5, 5.41) is 0. The van der Waals surface area contributed by atoms with E-state index in [0.717, 1.165) is 6.42 Å². The van der Waals surface area contributed by atoms with Crippen molar-refractivity contribution in [3.8, 4) is 0 Å². The molecule has 0 unspecified atom stereocenters. The van der Waals surface area contributed by atoms with Crippen LogP contribution in [0.4, 0.5) is 0 Å². The summed E-state index contributed by atoms with van der Waals surface area (Å²) >= 11 is 0. The second-order valence-corrected chi connectivity index (χ2v) is 5.02. The molecule has 0 fully saturated rings. The van der Waals surface area contributed by atoms with Gasteiger partial charge in [0.25, 0.3) is 0 Å². The molecule has 0 aliphatic carbocycles. The van der Waals surface area contributed by atoms with Crippen molar-refractivity contribution in [2.45, 2.75) is 53.6 Å². The number of allylic oxidation sites excluding steroid dienone is 1. The lowest BCUT2D eigenvalue weighted by molar-refractivity contribution is -0.149. The van der Waals surface area contributed by atoms with Crippen LogP contribution in [-0.4, -0.2) is 11.6 Å². The summed E-state index contributed by atoms with van der Waals surface area (Å²) in [6, 6.07) is 0. The van der Waals surface area contributed by atoms with Crippen molar-refractivity contribution in [2.75, 3.05) is 0 Å². The van der Waals surface area contributed by atoms with Gasteiger partial charge in [-0.2, -0.15) is 0 Å². The fourth-order valence-corrected chi connectivity index (χ4v) is 0.854. The average molecular weight is 198 g/mol. The molecule has 0 aromatic rings. The topological polar surface area (TPSA) is 26.3 Å². The summed E-state index contributed by atoms with van der Waals surface area (Å²) in [5.74, 6) is 0.366. The Morgan fingerprint density at radius 3 is 2.21 bits per heavy atom. The number of hydrogen-bond donors (Lipinski definition) is 0. The third-order valence-electron chi connectivity index (χ3n) is 1.62. The van der Waals surface area contributed by atoms with Gasteiger partial charge < -0.3 is 4.74 Å². The molecule has 2 nitrogen and oxygen atoms in total. The molecule has 0 aromatic carbocycles. The molecule has 0 spiro atoms. The SMILES string of the molecule is CC(=CCC(C)C)C(=O)OC(C)(C)C. The van der Waals surface area contributed by atoms with Gasteiger partial charge in [-0.05, 0) is 40.0 Å². The minimum absolute atomic E-state index is 0.210. The molecule has 0 radical (unpaired) electrons. The van der Waals surface area contributed by atoms with Crippen molar-refractivity contribution >= 4 is 5.97 Å². The summed E-state index contributed by atoms with van der Waals surface area (Å²) in [4.78, 5) is 11.5. The van der Waals surface area contributed by atoms with E-state index >= 15 is 0 Å². The van der Waals surface area contributed by atoms with Gasteiger partial charge in [0, 0.05) is 5.57 Å². The molecule has 0 aliphatic heterocycles. The first-order chi connectivity index (χ1) is 6.22. The largest absolute Gasteiger partial charge is 0.457 e. The third-order valence-corrected chi connectivity index (χ3v) is 1.62. The van der Waals surface area contributed by atoms with Crippen LogP contribution in [0.15, 0.2) is 11.6 Å². The minimum Gasteiger partial charge on any atom is -0.457 e. The molecular weight excluding hydrogens is 176 g/mol. The maximum Gasteiger partial charge on any atom is 0.333 e. The highest BCUT2D eigenvalue weighted by molar-refractivity contribution is 5.87. The fourth-order valence-electron chi connectivity index (χ4n) is 0.854. The zero-order chi connectivity index (χ0) is 11.4. The maximum absolute atomic E-state index is 11.5. The Morgan fingerprint density at radius 1 is 1.36 bits per heavy atom. The van der Waals surface area contributed by atoms with Gasteiger partial charge in [-0.15, -0.1) is 0 Å². The Kier molecular flexibility index (Phi) is 4.89. The first-order valence-electron chi connectivity index (χ1n) is 5.12. The lowest BCUT2D eigenvalue weighted by atomic mass is 10.1. The number of rotatable bonds is 3. The van der Waals surface area contributed by atoms with Crippen molar-refractivity contribution in [2.24, 2.45) is 5.92 Å².